The van der Waals surface area contributed by atoms with E-state index in [9.17, 15) is 16.4 Å². The molecule has 1 aliphatic rings. The molecule has 0 bridgehead atoms. The average molecular weight is 639 g/mol. The Labute approximate surface area is 316 Å². The molecule has 0 radical (unpaired) electrons. The van der Waals surface area contributed by atoms with E-state index in [1.54, 1.807) is 0 Å². The summed E-state index contributed by atoms with van der Waals surface area (Å²) in [5.41, 5.74) is -7.21. The number of fused-ring (bicyclic) bond motifs is 8. The molecule has 1 heterocycles. The Bertz CT molecular complexity index is 4120. The van der Waals surface area contributed by atoms with Crippen molar-refractivity contribution in [3.8, 4) is 44.5 Å². The molecule has 0 aliphatic heterocycles. The largest absolute Gasteiger partial charge is 0.456 e. The maximum absolute atomic E-state index is 9.90. The van der Waals surface area contributed by atoms with E-state index in [0.717, 1.165) is 0 Å². The van der Waals surface area contributed by atoms with Crippen LogP contribution in [-0.4, -0.2) is 0 Å². The Morgan fingerprint density at radius 1 is 0.396 bits per heavy atom. The van der Waals surface area contributed by atoms with Gasteiger partial charge in [-0.1, -0.05) is 147 Å². The fourth-order valence-electron chi connectivity index (χ4n) is 6.40. The first-order chi connectivity index (χ1) is 34.4. The van der Waals surface area contributed by atoms with Gasteiger partial charge in [0.25, 0.3) is 0 Å². The van der Waals surface area contributed by atoms with Gasteiger partial charge in [0.2, 0.25) is 0 Å². The van der Waals surface area contributed by atoms with Crippen LogP contribution in [0, 0.1) is 0 Å². The van der Waals surface area contributed by atoms with Crippen molar-refractivity contribution in [3.05, 3.63) is 168 Å². The van der Waals surface area contributed by atoms with Gasteiger partial charge in [-0.2, -0.15) is 0 Å². The number of furan rings is 1. The molecular formula is C47H32O. The van der Waals surface area contributed by atoms with Crippen molar-refractivity contribution < 1.29 is 40.1 Å². The van der Waals surface area contributed by atoms with E-state index in [1.165, 1.54) is 13.8 Å². The lowest BCUT2D eigenvalue weighted by atomic mass is 9.80. The van der Waals surface area contributed by atoms with Gasteiger partial charge in [-0.05, 0) is 101 Å². The highest BCUT2D eigenvalue weighted by molar-refractivity contribution is 6.21. The fourth-order valence-corrected chi connectivity index (χ4v) is 6.40. The van der Waals surface area contributed by atoms with Crippen molar-refractivity contribution in [1.29, 1.82) is 0 Å². The third-order valence-electron chi connectivity index (χ3n) is 8.64. The molecule has 0 saturated heterocycles. The molecular weight excluding hydrogens is 581 g/mol. The van der Waals surface area contributed by atoms with Crippen molar-refractivity contribution >= 4 is 43.5 Å². The lowest BCUT2D eigenvalue weighted by Gasteiger charge is -2.23. The Balaban J connectivity index is 1.40. The van der Waals surface area contributed by atoms with E-state index >= 15 is 0 Å². The number of benzene rings is 8. The maximum Gasteiger partial charge on any atom is 0.135 e. The molecule has 8 aromatic carbocycles. The van der Waals surface area contributed by atoms with Gasteiger partial charge in [0, 0.05) is 16.2 Å². The third kappa shape index (κ3) is 3.85. The van der Waals surface area contributed by atoms with E-state index in [4.69, 9.17) is 23.6 Å². The molecule has 0 unspecified atom stereocenters. The molecule has 0 amide bonds. The Kier molecular flexibility index (Phi) is 2.50. The minimum atomic E-state index is -1.53. The molecule has 0 atom stereocenters. The first kappa shape index (κ1) is 12.0. The second-order valence-corrected chi connectivity index (χ2v) is 11.6. The third-order valence-corrected chi connectivity index (χ3v) is 8.64. The van der Waals surface area contributed by atoms with Gasteiger partial charge in [-0.15, -0.1) is 0 Å². The van der Waals surface area contributed by atoms with Crippen LogP contribution in [0.25, 0.3) is 88.0 Å². The zero-order chi connectivity index (χ0) is 54.6. The summed E-state index contributed by atoms with van der Waals surface area (Å²) >= 11 is 0. The van der Waals surface area contributed by atoms with Gasteiger partial charge in [0.05, 0.1) is 35.6 Å². The highest BCUT2D eigenvalue weighted by Gasteiger charge is 2.35. The van der Waals surface area contributed by atoms with E-state index in [-0.39, 0.29) is 27.6 Å². The Morgan fingerprint density at radius 3 is 1.60 bits per heavy atom. The first-order valence-electron chi connectivity index (χ1n) is 27.7. The SMILES string of the molecule is [2H]c1c([2H])c([2H])c2c(c1[2H])-c1c([2H])c([2H])c(-c3c4c([2H])c([2H])c([2H])c([2H])c4c(-c4c([2H])c([2H])c(-c5c([2H])c([2H])c6oc7c([2H])c([2H])c([2H])c([2H])c7c6c5[2H])c([2H])c4[2H])c4c([2H])c([2H])c([2H])c([2H])c34)c([2H])c1C2(C)C. The van der Waals surface area contributed by atoms with Gasteiger partial charge >= 0.3 is 0 Å². The number of rotatable bonds is 3. The summed E-state index contributed by atoms with van der Waals surface area (Å²) in [7, 11) is 0. The lowest BCUT2D eigenvalue weighted by molar-refractivity contribution is 0.660. The monoisotopic (exact) mass is 638 g/mol. The number of para-hydroxylation sites is 1. The second-order valence-electron chi connectivity index (χ2n) is 11.6. The molecule has 226 valence electrons. The first-order valence-corrected chi connectivity index (χ1v) is 14.7. The van der Waals surface area contributed by atoms with Crippen LogP contribution in [0.5, 0.6) is 0 Å². The Morgan fingerprint density at radius 2 is 0.896 bits per heavy atom. The van der Waals surface area contributed by atoms with E-state index in [1.807, 2.05) is 0 Å². The quantitative estimate of drug-likeness (QED) is 0.176. The normalized spacial score (nSPS) is 21.0. The second kappa shape index (κ2) is 10.0. The minimum Gasteiger partial charge on any atom is -0.456 e. The smallest absolute Gasteiger partial charge is 0.135 e. The van der Waals surface area contributed by atoms with E-state index in [0.29, 0.717) is 0 Å². The van der Waals surface area contributed by atoms with Crippen LogP contribution < -0.4 is 0 Å². The van der Waals surface area contributed by atoms with Gasteiger partial charge < -0.3 is 4.42 Å². The van der Waals surface area contributed by atoms with Crippen LogP contribution in [0.1, 0.15) is 60.6 Å². The summed E-state index contributed by atoms with van der Waals surface area (Å²) in [5, 5.41) is -3.44. The standard InChI is InChI=1S/C47H32O/c1-47(2)41-17-9-7-11-33(41)34-25-23-32(28-42(34)47)46-38-15-5-3-13-36(38)45(37-14-4-6-16-39(37)46)30-21-19-29(20-22-30)31-24-26-44-40(27-31)35-12-8-10-18-43(35)48-44/h3-28H,1-2H3/i3D,4D,5D,6D,7D,8D,9D,10D,11D,12D,13D,14D,15D,16D,17D,18D,19D,20D,21D,22D,23D,24D,25D,26D,27D,28D. The van der Waals surface area contributed by atoms with Gasteiger partial charge in [0.1, 0.15) is 11.2 Å². The topological polar surface area (TPSA) is 13.1 Å². The summed E-state index contributed by atoms with van der Waals surface area (Å²) < 4.78 is 241. The molecule has 10 rings (SSSR count). The van der Waals surface area contributed by atoms with Crippen LogP contribution in [0.15, 0.2) is 162 Å². The average Bonchev–Trinajstić information content (AvgIpc) is 3.88. The van der Waals surface area contributed by atoms with Gasteiger partial charge in [-0.3, -0.25) is 0 Å². The maximum atomic E-state index is 9.90. The molecule has 0 fully saturated rings. The van der Waals surface area contributed by atoms with Crippen molar-refractivity contribution in [2.75, 3.05) is 0 Å². The highest BCUT2D eigenvalue weighted by Crippen LogP contribution is 2.51. The van der Waals surface area contributed by atoms with Crippen molar-refractivity contribution in [1.82, 2.24) is 0 Å². The lowest BCUT2D eigenvalue weighted by Crippen LogP contribution is -2.14. The molecule has 48 heavy (non-hydrogen) atoms. The number of hydrogen-bond acceptors (Lipinski definition) is 1. The molecule has 1 heteroatoms. The van der Waals surface area contributed by atoms with Crippen LogP contribution in [-0.2, 0) is 5.41 Å². The molecule has 1 aliphatic carbocycles. The van der Waals surface area contributed by atoms with Crippen LogP contribution in [0.4, 0.5) is 0 Å². The molecule has 9 aromatic rings. The molecule has 1 nitrogen and oxygen atoms in total. The highest BCUT2D eigenvalue weighted by atomic mass is 16.3. The summed E-state index contributed by atoms with van der Waals surface area (Å²) in [6, 6.07) is -21.4. The summed E-state index contributed by atoms with van der Waals surface area (Å²) in [6.07, 6.45) is 0. The van der Waals surface area contributed by atoms with Gasteiger partial charge in [-0.25, -0.2) is 0 Å². The van der Waals surface area contributed by atoms with Crippen molar-refractivity contribution in [2.24, 2.45) is 0 Å². The van der Waals surface area contributed by atoms with Gasteiger partial charge in [0.15, 0.2) is 0 Å². The predicted molar refractivity (Wildman–Crippen MR) is 203 cm³/mol. The number of hydrogen-bond donors (Lipinski definition) is 0. The summed E-state index contributed by atoms with van der Waals surface area (Å²) in [6.45, 7) is 3.03. The fraction of sp³-hybridized carbons (Fsp3) is 0.0638. The van der Waals surface area contributed by atoms with E-state index in [2.05, 4.69) is 0 Å². The molecule has 0 N–H and O–H groups in total. The predicted octanol–water partition coefficient (Wildman–Crippen LogP) is 13.2. The summed E-state index contributed by atoms with van der Waals surface area (Å²) in [5.74, 6) is 0. The van der Waals surface area contributed by atoms with Crippen LogP contribution in [0.3, 0.4) is 0 Å². The van der Waals surface area contributed by atoms with Crippen molar-refractivity contribution in [3.63, 3.8) is 0 Å². The van der Waals surface area contributed by atoms with Crippen LogP contribution >= 0.6 is 0 Å². The van der Waals surface area contributed by atoms with Crippen molar-refractivity contribution in [2.45, 2.75) is 19.3 Å². The molecule has 1 aromatic heterocycles. The summed E-state index contributed by atoms with van der Waals surface area (Å²) in [4.78, 5) is 0. The molecule has 0 spiro atoms. The Hall–Kier alpha value is -5.92. The van der Waals surface area contributed by atoms with Crippen LogP contribution in [0.2, 0.25) is 0 Å². The zero-order valence-electron chi connectivity index (χ0n) is 50.9. The minimum absolute atomic E-state index is 0.0160. The van der Waals surface area contributed by atoms with E-state index < -0.39 is 234 Å². The molecule has 0 saturated carbocycles. The zero-order valence-corrected chi connectivity index (χ0v) is 24.9.